The largest absolute Gasteiger partial charge is 0.497 e. The summed E-state index contributed by atoms with van der Waals surface area (Å²) in [5.74, 6) is 1.45. The Kier molecular flexibility index (Phi) is 5.97. The molecule has 140 valence electrons. The Hall–Kier alpha value is -3.01. The van der Waals surface area contributed by atoms with Crippen LogP contribution in [0.4, 0.5) is 10.1 Å². The average molecular weight is 365 g/mol. The highest BCUT2D eigenvalue weighted by Crippen LogP contribution is 2.24. The molecule has 0 aliphatic rings. The maximum absolute atomic E-state index is 14.2. The van der Waals surface area contributed by atoms with Crippen molar-refractivity contribution in [2.75, 3.05) is 19.1 Å². The van der Waals surface area contributed by atoms with Gasteiger partial charge in [-0.05, 0) is 60.0 Å². The molecule has 3 aromatic rings. The molecule has 0 saturated heterocycles. The summed E-state index contributed by atoms with van der Waals surface area (Å²) < 4.78 is 24.6. The van der Waals surface area contributed by atoms with Crippen molar-refractivity contribution in [2.24, 2.45) is 0 Å². The molecule has 0 radical (unpaired) electrons. The zero-order valence-electron chi connectivity index (χ0n) is 15.9. The molecule has 0 N–H and O–H groups in total. The van der Waals surface area contributed by atoms with Gasteiger partial charge in [0.05, 0.1) is 14.2 Å². The van der Waals surface area contributed by atoms with Gasteiger partial charge in [-0.1, -0.05) is 30.3 Å². The minimum Gasteiger partial charge on any atom is -0.497 e. The molecule has 0 atom stereocenters. The summed E-state index contributed by atoms with van der Waals surface area (Å²) in [6.45, 7) is 3.10. The van der Waals surface area contributed by atoms with Crippen molar-refractivity contribution in [1.82, 2.24) is 0 Å². The Morgan fingerprint density at radius 2 is 1.22 bits per heavy atom. The van der Waals surface area contributed by atoms with Gasteiger partial charge in [0.15, 0.2) is 0 Å². The van der Waals surface area contributed by atoms with Crippen LogP contribution in [-0.4, -0.2) is 14.2 Å². The maximum Gasteiger partial charge on any atom is 0.128 e. The second-order valence-corrected chi connectivity index (χ2v) is 6.49. The van der Waals surface area contributed by atoms with Gasteiger partial charge >= 0.3 is 0 Å². The van der Waals surface area contributed by atoms with Gasteiger partial charge in [0.1, 0.15) is 17.3 Å². The van der Waals surface area contributed by atoms with E-state index in [1.165, 1.54) is 0 Å². The van der Waals surface area contributed by atoms with Gasteiger partial charge in [0.25, 0.3) is 0 Å². The van der Waals surface area contributed by atoms with Crippen LogP contribution in [0, 0.1) is 12.7 Å². The lowest BCUT2D eigenvalue weighted by atomic mass is 10.1. The van der Waals surface area contributed by atoms with Crippen LogP contribution in [0.1, 0.15) is 16.7 Å². The number of benzene rings is 3. The molecule has 0 amide bonds. The predicted octanol–water partition coefficient (Wildman–Crippen LogP) is 5.36. The van der Waals surface area contributed by atoms with Gasteiger partial charge in [-0.2, -0.15) is 0 Å². The lowest BCUT2D eigenvalue weighted by Crippen LogP contribution is -2.22. The number of ether oxygens (including phenoxy) is 2. The van der Waals surface area contributed by atoms with Crippen LogP contribution >= 0.6 is 0 Å². The monoisotopic (exact) mass is 365 g/mol. The molecular weight excluding hydrogens is 341 g/mol. The predicted molar refractivity (Wildman–Crippen MR) is 107 cm³/mol. The molecule has 4 heteroatoms. The van der Waals surface area contributed by atoms with Crippen molar-refractivity contribution in [3.63, 3.8) is 0 Å². The molecule has 0 spiro atoms. The van der Waals surface area contributed by atoms with E-state index in [1.54, 1.807) is 27.2 Å². The smallest absolute Gasteiger partial charge is 0.128 e. The van der Waals surface area contributed by atoms with E-state index in [4.69, 9.17) is 9.47 Å². The maximum atomic E-state index is 14.2. The first-order valence-corrected chi connectivity index (χ1v) is 8.86. The minimum atomic E-state index is -0.193. The second kappa shape index (κ2) is 8.58. The third-order valence-corrected chi connectivity index (χ3v) is 4.59. The van der Waals surface area contributed by atoms with Crippen molar-refractivity contribution >= 4 is 5.69 Å². The van der Waals surface area contributed by atoms with E-state index >= 15 is 0 Å². The Labute approximate surface area is 160 Å². The summed E-state index contributed by atoms with van der Waals surface area (Å²) in [5, 5.41) is 0. The van der Waals surface area contributed by atoms with E-state index in [2.05, 4.69) is 4.90 Å². The fraction of sp³-hybridized carbons (Fsp3) is 0.217. The number of halogens is 1. The van der Waals surface area contributed by atoms with Crippen molar-refractivity contribution < 1.29 is 13.9 Å². The van der Waals surface area contributed by atoms with Gasteiger partial charge in [-0.3, -0.25) is 0 Å². The Morgan fingerprint density at radius 1 is 0.741 bits per heavy atom. The number of rotatable bonds is 7. The van der Waals surface area contributed by atoms with Crippen molar-refractivity contribution in [1.29, 1.82) is 0 Å². The minimum absolute atomic E-state index is 0.193. The third kappa shape index (κ3) is 4.79. The van der Waals surface area contributed by atoms with Gasteiger partial charge in [-0.15, -0.1) is 0 Å². The van der Waals surface area contributed by atoms with Crippen molar-refractivity contribution in [3.8, 4) is 11.5 Å². The number of anilines is 1. The quantitative estimate of drug-likeness (QED) is 0.563. The van der Waals surface area contributed by atoms with Gasteiger partial charge in [0, 0.05) is 18.8 Å². The normalized spacial score (nSPS) is 10.5. The van der Waals surface area contributed by atoms with E-state index in [0.717, 1.165) is 28.3 Å². The first-order chi connectivity index (χ1) is 13.1. The average Bonchev–Trinajstić information content (AvgIpc) is 2.70. The van der Waals surface area contributed by atoms with Crippen LogP contribution in [0.5, 0.6) is 11.5 Å². The molecule has 0 bridgehead atoms. The molecule has 0 fully saturated rings. The van der Waals surface area contributed by atoms with Crippen LogP contribution in [0.3, 0.4) is 0 Å². The van der Waals surface area contributed by atoms with Gasteiger partial charge in [0.2, 0.25) is 0 Å². The van der Waals surface area contributed by atoms with E-state index in [-0.39, 0.29) is 5.82 Å². The van der Waals surface area contributed by atoms with Crippen LogP contribution in [0.25, 0.3) is 0 Å². The number of hydrogen-bond donors (Lipinski definition) is 0. The molecule has 3 rings (SSSR count). The molecule has 0 unspecified atom stereocenters. The Balaban J connectivity index is 1.87. The number of hydrogen-bond acceptors (Lipinski definition) is 3. The standard InChI is InChI=1S/C23H24FNO2/c1-17-4-9-20(14-23(17)24)25(15-18-5-10-21(26-2)11-6-18)16-19-7-12-22(27-3)13-8-19/h4-14H,15-16H2,1-3H3. The summed E-state index contributed by atoms with van der Waals surface area (Å²) >= 11 is 0. The highest BCUT2D eigenvalue weighted by molar-refractivity contribution is 5.49. The summed E-state index contributed by atoms with van der Waals surface area (Å²) in [4.78, 5) is 2.16. The molecule has 3 nitrogen and oxygen atoms in total. The van der Waals surface area contributed by atoms with Crippen LogP contribution in [0.2, 0.25) is 0 Å². The van der Waals surface area contributed by atoms with Crippen LogP contribution in [-0.2, 0) is 13.1 Å². The number of aryl methyl sites for hydroxylation is 1. The molecule has 27 heavy (non-hydrogen) atoms. The molecule has 0 aromatic heterocycles. The SMILES string of the molecule is COc1ccc(CN(Cc2ccc(OC)cc2)c2ccc(C)c(F)c2)cc1. The highest BCUT2D eigenvalue weighted by atomic mass is 19.1. The zero-order valence-corrected chi connectivity index (χ0v) is 15.9. The van der Waals surface area contributed by atoms with E-state index in [9.17, 15) is 4.39 Å². The summed E-state index contributed by atoms with van der Waals surface area (Å²) in [7, 11) is 3.31. The molecular formula is C23H24FNO2. The molecule has 0 aliphatic carbocycles. The number of nitrogens with zero attached hydrogens (tertiary/aromatic N) is 1. The lowest BCUT2D eigenvalue weighted by molar-refractivity contribution is 0.414. The van der Waals surface area contributed by atoms with E-state index in [0.29, 0.717) is 18.7 Å². The molecule has 0 aliphatic heterocycles. The van der Waals surface area contributed by atoms with Gasteiger partial charge in [-0.25, -0.2) is 4.39 Å². The Bertz CT molecular complexity index is 826. The summed E-state index contributed by atoms with van der Waals surface area (Å²) in [5.41, 5.74) is 3.76. The van der Waals surface area contributed by atoms with Crippen molar-refractivity contribution in [2.45, 2.75) is 20.0 Å². The molecule has 0 heterocycles. The lowest BCUT2D eigenvalue weighted by Gasteiger charge is -2.26. The van der Waals surface area contributed by atoms with Crippen LogP contribution < -0.4 is 14.4 Å². The van der Waals surface area contributed by atoms with Crippen molar-refractivity contribution in [3.05, 3.63) is 89.2 Å². The van der Waals surface area contributed by atoms with E-state index < -0.39 is 0 Å². The van der Waals surface area contributed by atoms with Crippen LogP contribution in [0.15, 0.2) is 66.7 Å². The fourth-order valence-electron chi connectivity index (χ4n) is 2.92. The zero-order chi connectivity index (χ0) is 19.2. The third-order valence-electron chi connectivity index (χ3n) is 4.59. The highest BCUT2D eigenvalue weighted by Gasteiger charge is 2.11. The second-order valence-electron chi connectivity index (χ2n) is 6.49. The Morgan fingerprint density at radius 3 is 1.63 bits per heavy atom. The first-order valence-electron chi connectivity index (χ1n) is 8.86. The molecule has 0 saturated carbocycles. The topological polar surface area (TPSA) is 21.7 Å². The fourth-order valence-corrected chi connectivity index (χ4v) is 2.92. The van der Waals surface area contributed by atoms with E-state index in [1.807, 2.05) is 60.7 Å². The van der Waals surface area contributed by atoms with Gasteiger partial charge < -0.3 is 14.4 Å². The molecule has 3 aromatic carbocycles. The summed E-state index contributed by atoms with van der Waals surface area (Å²) in [6.07, 6.45) is 0. The number of methoxy groups -OCH3 is 2. The summed E-state index contributed by atoms with van der Waals surface area (Å²) in [6, 6.07) is 21.3. The first kappa shape index (κ1) is 18.8.